The van der Waals surface area contributed by atoms with E-state index in [1.165, 1.54) is 19.4 Å². The third kappa shape index (κ3) is 1.71. The van der Waals surface area contributed by atoms with E-state index in [1.807, 2.05) is 0 Å². The molecule has 4 atom stereocenters. The lowest BCUT2D eigenvalue weighted by molar-refractivity contribution is 0.282. The summed E-state index contributed by atoms with van der Waals surface area (Å²) in [7, 11) is 0. The normalized spacial score (nSPS) is 42.4. The molecule has 1 nitrogen and oxygen atoms in total. The highest BCUT2D eigenvalue weighted by molar-refractivity contribution is 4.98. The largest absolute Gasteiger partial charge is 0.313 e. The molecule has 0 amide bonds. The van der Waals surface area contributed by atoms with Gasteiger partial charge in [0.15, 0.2) is 0 Å². The van der Waals surface area contributed by atoms with Crippen LogP contribution in [-0.2, 0) is 0 Å². The summed E-state index contributed by atoms with van der Waals surface area (Å²) in [6.45, 7) is 10.8. The van der Waals surface area contributed by atoms with Crippen molar-refractivity contribution in [2.24, 2.45) is 29.6 Å². The van der Waals surface area contributed by atoms with Crippen molar-refractivity contribution in [3.8, 4) is 0 Å². The van der Waals surface area contributed by atoms with Gasteiger partial charge in [0.05, 0.1) is 0 Å². The number of rotatable bonds is 2. The highest BCUT2D eigenvalue weighted by Gasteiger charge is 2.44. The molecule has 2 fully saturated rings. The predicted octanol–water partition coefficient (Wildman–Crippen LogP) is 2.91. The molecular weight excluding hydrogens is 170 g/mol. The van der Waals surface area contributed by atoms with Gasteiger partial charge in [0, 0.05) is 6.04 Å². The van der Waals surface area contributed by atoms with Crippen molar-refractivity contribution < 1.29 is 0 Å². The minimum Gasteiger partial charge on any atom is -0.313 e. The van der Waals surface area contributed by atoms with Crippen molar-refractivity contribution >= 4 is 0 Å². The van der Waals surface area contributed by atoms with Gasteiger partial charge in [-0.25, -0.2) is 0 Å². The van der Waals surface area contributed by atoms with Crippen LogP contribution >= 0.6 is 0 Å². The summed E-state index contributed by atoms with van der Waals surface area (Å²) >= 11 is 0. The van der Waals surface area contributed by atoms with Crippen LogP contribution in [0, 0.1) is 29.6 Å². The van der Waals surface area contributed by atoms with Crippen molar-refractivity contribution in [3.05, 3.63) is 0 Å². The SMILES string of the molecule is CC(C)C1CC2NCC(C(C)C)C2C1. The Hall–Kier alpha value is -0.0400. The third-order valence-electron chi connectivity index (χ3n) is 4.61. The topological polar surface area (TPSA) is 12.0 Å². The fourth-order valence-corrected chi connectivity index (χ4v) is 3.53. The van der Waals surface area contributed by atoms with Crippen LogP contribution in [0.4, 0.5) is 0 Å². The number of hydrogen-bond donors (Lipinski definition) is 1. The molecule has 0 spiro atoms. The zero-order valence-corrected chi connectivity index (χ0v) is 10.1. The Morgan fingerprint density at radius 2 is 1.71 bits per heavy atom. The summed E-state index contributed by atoms with van der Waals surface area (Å²) in [4.78, 5) is 0. The zero-order chi connectivity index (χ0) is 10.3. The molecule has 2 rings (SSSR count). The van der Waals surface area contributed by atoms with Gasteiger partial charge in [-0.3, -0.25) is 0 Å². The van der Waals surface area contributed by atoms with Gasteiger partial charge in [-0.05, 0) is 49.0 Å². The van der Waals surface area contributed by atoms with E-state index in [4.69, 9.17) is 0 Å². The van der Waals surface area contributed by atoms with Crippen LogP contribution in [0.5, 0.6) is 0 Å². The maximum Gasteiger partial charge on any atom is 0.0101 e. The Morgan fingerprint density at radius 1 is 1.00 bits per heavy atom. The molecule has 82 valence electrons. The molecule has 0 radical (unpaired) electrons. The maximum atomic E-state index is 3.73. The van der Waals surface area contributed by atoms with Crippen molar-refractivity contribution in [2.45, 2.75) is 46.6 Å². The van der Waals surface area contributed by atoms with E-state index >= 15 is 0 Å². The molecule has 1 saturated carbocycles. The van der Waals surface area contributed by atoms with E-state index in [0.29, 0.717) is 0 Å². The second-order valence-electron chi connectivity index (χ2n) is 6.06. The van der Waals surface area contributed by atoms with Gasteiger partial charge in [0.2, 0.25) is 0 Å². The van der Waals surface area contributed by atoms with Crippen LogP contribution in [0.2, 0.25) is 0 Å². The molecule has 1 aliphatic heterocycles. The van der Waals surface area contributed by atoms with Gasteiger partial charge in [-0.15, -0.1) is 0 Å². The van der Waals surface area contributed by atoms with Crippen LogP contribution in [0.1, 0.15) is 40.5 Å². The van der Waals surface area contributed by atoms with E-state index in [2.05, 4.69) is 33.0 Å². The quantitative estimate of drug-likeness (QED) is 0.714. The fourth-order valence-electron chi connectivity index (χ4n) is 3.53. The first-order valence-electron chi connectivity index (χ1n) is 6.33. The number of nitrogens with one attached hydrogen (secondary N) is 1. The van der Waals surface area contributed by atoms with E-state index in [9.17, 15) is 0 Å². The first-order valence-corrected chi connectivity index (χ1v) is 6.33. The molecule has 1 heteroatoms. The van der Waals surface area contributed by atoms with E-state index < -0.39 is 0 Å². The summed E-state index contributed by atoms with van der Waals surface area (Å²) in [6, 6.07) is 0.856. The summed E-state index contributed by atoms with van der Waals surface area (Å²) in [6.07, 6.45) is 2.92. The molecule has 1 saturated heterocycles. The summed E-state index contributed by atoms with van der Waals surface area (Å²) < 4.78 is 0. The molecule has 1 aliphatic carbocycles. The fraction of sp³-hybridized carbons (Fsp3) is 1.00. The Bertz CT molecular complexity index is 197. The second kappa shape index (κ2) is 3.84. The maximum absolute atomic E-state index is 3.73. The summed E-state index contributed by atoms with van der Waals surface area (Å²) in [5, 5.41) is 3.73. The van der Waals surface area contributed by atoms with Gasteiger partial charge < -0.3 is 5.32 Å². The number of fused-ring (bicyclic) bond motifs is 1. The van der Waals surface area contributed by atoms with Gasteiger partial charge >= 0.3 is 0 Å². The van der Waals surface area contributed by atoms with E-state index in [1.54, 1.807) is 0 Å². The monoisotopic (exact) mass is 195 g/mol. The Morgan fingerprint density at radius 3 is 2.29 bits per heavy atom. The smallest absolute Gasteiger partial charge is 0.0101 e. The summed E-state index contributed by atoms with van der Waals surface area (Å²) in [5.74, 6) is 4.67. The highest BCUT2D eigenvalue weighted by atomic mass is 15.0. The second-order valence-corrected chi connectivity index (χ2v) is 6.06. The lowest BCUT2D eigenvalue weighted by Crippen LogP contribution is -2.22. The Labute approximate surface area is 88.7 Å². The third-order valence-corrected chi connectivity index (χ3v) is 4.61. The molecule has 1 N–H and O–H groups in total. The van der Waals surface area contributed by atoms with Crippen molar-refractivity contribution in [1.29, 1.82) is 0 Å². The van der Waals surface area contributed by atoms with Crippen LogP contribution in [0.15, 0.2) is 0 Å². The Kier molecular flexibility index (Phi) is 2.88. The lowest BCUT2D eigenvalue weighted by Gasteiger charge is -2.22. The first kappa shape index (κ1) is 10.5. The predicted molar refractivity (Wildman–Crippen MR) is 61.2 cm³/mol. The van der Waals surface area contributed by atoms with E-state index in [-0.39, 0.29) is 0 Å². The van der Waals surface area contributed by atoms with Crippen LogP contribution in [-0.4, -0.2) is 12.6 Å². The van der Waals surface area contributed by atoms with Crippen molar-refractivity contribution in [2.75, 3.05) is 6.54 Å². The van der Waals surface area contributed by atoms with Crippen LogP contribution in [0.3, 0.4) is 0 Å². The molecule has 4 unspecified atom stereocenters. The first-order chi connectivity index (χ1) is 6.59. The molecule has 1 heterocycles. The minimum absolute atomic E-state index is 0.856. The molecular formula is C13H25N. The minimum atomic E-state index is 0.856. The lowest BCUT2D eigenvalue weighted by atomic mass is 9.82. The van der Waals surface area contributed by atoms with Gasteiger partial charge in [0.1, 0.15) is 0 Å². The molecule has 0 bridgehead atoms. The highest BCUT2D eigenvalue weighted by Crippen LogP contribution is 2.44. The van der Waals surface area contributed by atoms with Gasteiger partial charge in [-0.1, -0.05) is 27.7 Å². The summed E-state index contributed by atoms with van der Waals surface area (Å²) in [5.41, 5.74) is 0. The van der Waals surface area contributed by atoms with Gasteiger partial charge in [-0.2, -0.15) is 0 Å². The average molecular weight is 195 g/mol. The van der Waals surface area contributed by atoms with E-state index in [0.717, 1.165) is 35.6 Å². The van der Waals surface area contributed by atoms with Crippen molar-refractivity contribution in [3.63, 3.8) is 0 Å². The standard InChI is InChI=1S/C13H25N/c1-8(2)10-5-11-12(9(3)4)7-14-13(11)6-10/h8-14H,5-7H2,1-4H3. The molecule has 0 aromatic rings. The molecule has 14 heavy (non-hydrogen) atoms. The average Bonchev–Trinajstić information content (AvgIpc) is 2.58. The van der Waals surface area contributed by atoms with Gasteiger partial charge in [0.25, 0.3) is 0 Å². The molecule has 2 aliphatic rings. The zero-order valence-electron chi connectivity index (χ0n) is 10.1. The number of hydrogen-bond acceptors (Lipinski definition) is 1. The van der Waals surface area contributed by atoms with Crippen LogP contribution in [0.25, 0.3) is 0 Å². The van der Waals surface area contributed by atoms with Crippen molar-refractivity contribution in [1.82, 2.24) is 5.32 Å². The molecule has 0 aromatic carbocycles. The molecule has 0 aromatic heterocycles. The Balaban J connectivity index is 2.00. The van der Waals surface area contributed by atoms with Crippen LogP contribution < -0.4 is 5.32 Å².